The lowest BCUT2D eigenvalue weighted by atomic mass is 10.1. The van der Waals surface area contributed by atoms with Gasteiger partial charge in [-0.1, -0.05) is 11.6 Å². The van der Waals surface area contributed by atoms with Crippen molar-refractivity contribution in [3.63, 3.8) is 0 Å². The van der Waals surface area contributed by atoms with Gasteiger partial charge in [0.05, 0.1) is 12.7 Å². The Labute approximate surface area is 150 Å². The number of nitrogens with zero attached hydrogens (tertiary/aromatic N) is 3. The summed E-state index contributed by atoms with van der Waals surface area (Å²) in [7, 11) is 1.87. The van der Waals surface area contributed by atoms with Gasteiger partial charge in [-0.25, -0.2) is 0 Å². The molecule has 7 heteroatoms. The highest BCUT2D eigenvalue weighted by atomic mass is 35.5. The van der Waals surface area contributed by atoms with Gasteiger partial charge in [-0.15, -0.1) is 0 Å². The molecule has 1 radical (unpaired) electrons. The van der Waals surface area contributed by atoms with Gasteiger partial charge in [-0.2, -0.15) is 5.10 Å². The molecule has 2 heterocycles. The number of halogens is 1. The summed E-state index contributed by atoms with van der Waals surface area (Å²) in [5.41, 5.74) is 2.24. The molecule has 0 fully saturated rings. The second-order valence-corrected chi connectivity index (χ2v) is 5.76. The quantitative estimate of drug-likeness (QED) is 0.690. The van der Waals surface area contributed by atoms with Crippen molar-refractivity contribution in [2.45, 2.75) is 0 Å². The molecule has 0 saturated carbocycles. The summed E-state index contributed by atoms with van der Waals surface area (Å²) < 4.78 is 7.40. The molecular formula is C18H16ClN4O2. The molecule has 1 N–H and O–H groups in total. The summed E-state index contributed by atoms with van der Waals surface area (Å²) in [5, 5.41) is 7.36. The molecule has 1 amide bonds. The standard InChI is InChI=1S/C18H16ClN4O2/c1-23-12-14(11-22-23)13-3-2-4-16(9-13)25-8-7-21-18(24)17-10-15(19)5-6-20-17/h3-6,9-12H,7-8H2,1H3,(H,21,24). The number of ether oxygens (including phenoxy) is 1. The van der Waals surface area contributed by atoms with E-state index in [1.807, 2.05) is 25.4 Å². The molecule has 0 aliphatic heterocycles. The second kappa shape index (κ2) is 7.81. The van der Waals surface area contributed by atoms with Gasteiger partial charge in [0, 0.05) is 30.0 Å². The number of aryl methyl sites for hydroxylation is 1. The van der Waals surface area contributed by atoms with Crippen LogP contribution in [0.2, 0.25) is 5.02 Å². The van der Waals surface area contributed by atoms with Crippen LogP contribution in [0, 0.1) is 6.07 Å². The Hall–Kier alpha value is -2.86. The Morgan fingerprint density at radius 1 is 1.36 bits per heavy atom. The van der Waals surface area contributed by atoms with Crippen LogP contribution >= 0.6 is 11.6 Å². The van der Waals surface area contributed by atoms with E-state index in [4.69, 9.17) is 16.3 Å². The summed E-state index contributed by atoms with van der Waals surface area (Å²) in [6, 6.07) is 11.7. The smallest absolute Gasteiger partial charge is 0.270 e. The number of aromatic nitrogens is 3. The van der Waals surface area contributed by atoms with Crippen LogP contribution in [0.25, 0.3) is 11.1 Å². The first-order valence-electron chi connectivity index (χ1n) is 7.64. The fourth-order valence-corrected chi connectivity index (χ4v) is 2.38. The van der Waals surface area contributed by atoms with Crippen molar-refractivity contribution in [3.8, 4) is 16.9 Å². The van der Waals surface area contributed by atoms with Crippen LogP contribution in [-0.2, 0) is 7.05 Å². The molecule has 0 aliphatic rings. The van der Waals surface area contributed by atoms with Crippen molar-refractivity contribution < 1.29 is 9.53 Å². The fraction of sp³-hybridized carbons (Fsp3) is 0.167. The molecule has 1 aromatic carbocycles. The lowest BCUT2D eigenvalue weighted by Crippen LogP contribution is -2.28. The molecule has 0 atom stereocenters. The highest BCUT2D eigenvalue weighted by Gasteiger charge is 2.07. The number of amides is 1. The van der Waals surface area contributed by atoms with Crippen LogP contribution in [0.4, 0.5) is 0 Å². The minimum Gasteiger partial charge on any atom is -0.492 e. The van der Waals surface area contributed by atoms with Gasteiger partial charge < -0.3 is 10.1 Å². The van der Waals surface area contributed by atoms with Crippen molar-refractivity contribution in [2.75, 3.05) is 13.2 Å². The molecule has 0 bridgehead atoms. The molecule has 0 saturated heterocycles. The monoisotopic (exact) mass is 355 g/mol. The first-order valence-corrected chi connectivity index (χ1v) is 8.02. The maximum Gasteiger partial charge on any atom is 0.270 e. The molecule has 0 aliphatic carbocycles. The zero-order valence-corrected chi connectivity index (χ0v) is 14.3. The van der Waals surface area contributed by atoms with Gasteiger partial charge in [0.2, 0.25) is 0 Å². The van der Waals surface area contributed by atoms with Crippen LogP contribution in [0.1, 0.15) is 10.5 Å². The van der Waals surface area contributed by atoms with Crippen molar-refractivity contribution in [1.82, 2.24) is 20.1 Å². The summed E-state index contributed by atoms with van der Waals surface area (Å²) in [4.78, 5) is 15.9. The van der Waals surface area contributed by atoms with Gasteiger partial charge in [-0.3, -0.25) is 14.5 Å². The lowest BCUT2D eigenvalue weighted by molar-refractivity contribution is 0.0942. The van der Waals surface area contributed by atoms with E-state index in [0.29, 0.717) is 23.9 Å². The third-order valence-electron chi connectivity index (χ3n) is 3.41. The molecule has 127 valence electrons. The minimum absolute atomic E-state index is 0.277. The SMILES string of the molecule is Cn1cc(-c2c[c]cc(OCCNC(=O)c3cc(Cl)ccn3)c2)cn1. The van der Waals surface area contributed by atoms with Crippen molar-refractivity contribution >= 4 is 17.5 Å². The molecular weight excluding hydrogens is 340 g/mol. The summed E-state index contributed by atoms with van der Waals surface area (Å²) >= 11 is 5.84. The lowest BCUT2D eigenvalue weighted by Gasteiger charge is -2.08. The molecule has 2 aromatic heterocycles. The Bertz CT molecular complexity index is 879. The zero-order valence-electron chi connectivity index (χ0n) is 13.6. The van der Waals surface area contributed by atoms with Crippen LogP contribution in [0.3, 0.4) is 0 Å². The van der Waals surface area contributed by atoms with Gasteiger partial charge in [0.1, 0.15) is 18.1 Å². The fourth-order valence-electron chi connectivity index (χ4n) is 2.22. The summed E-state index contributed by atoms with van der Waals surface area (Å²) in [5.74, 6) is 0.387. The summed E-state index contributed by atoms with van der Waals surface area (Å²) in [6.07, 6.45) is 5.20. The van der Waals surface area contributed by atoms with E-state index in [1.165, 1.54) is 12.3 Å². The first kappa shape index (κ1) is 17.0. The van der Waals surface area contributed by atoms with Crippen LogP contribution in [0.15, 0.2) is 48.9 Å². The van der Waals surface area contributed by atoms with Gasteiger partial charge in [-0.05, 0) is 42.0 Å². The van der Waals surface area contributed by atoms with E-state index >= 15 is 0 Å². The number of benzene rings is 1. The van der Waals surface area contributed by atoms with Crippen LogP contribution < -0.4 is 10.1 Å². The van der Waals surface area contributed by atoms with E-state index in [1.54, 1.807) is 23.0 Å². The number of carbonyl (C=O) groups excluding carboxylic acids is 1. The van der Waals surface area contributed by atoms with Crippen molar-refractivity contribution in [2.24, 2.45) is 7.05 Å². The average Bonchev–Trinajstić information content (AvgIpc) is 3.05. The molecule has 3 rings (SSSR count). The first-order chi connectivity index (χ1) is 12.1. The van der Waals surface area contributed by atoms with E-state index in [2.05, 4.69) is 21.5 Å². The Morgan fingerprint density at radius 3 is 3.00 bits per heavy atom. The van der Waals surface area contributed by atoms with E-state index in [-0.39, 0.29) is 11.6 Å². The van der Waals surface area contributed by atoms with Crippen molar-refractivity contribution in [3.05, 3.63) is 65.7 Å². The third-order valence-corrected chi connectivity index (χ3v) is 3.65. The van der Waals surface area contributed by atoms with Crippen LogP contribution in [-0.4, -0.2) is 33.8 Å². The maximum atomic E-state index is 11.9. The molecule has 3 aromatic rings. The number of carbonyl (C=O) groups is 1. The molecule has 0 unspecified atom stereocenters. The number of rotatable bonds is 6. The average molecular weight is 356 g/mol. The van der Waals surface area contributed by atoms with Gasteiger partial charge >= 0.3 is 0 Å². The highest BCUT2D eigenvalue weighted by Crippen LogP contribution is 2.22. The van der Waals surface area contributed by atoms with E-state index in [0.717, 1.165) is 11.1 Å². The second-order valence-electron chi connectivity index (χ2n) is 5.32. The van der Waals surface area contributed by atoms with Gasteiger partial charge in [0.25, 0.3) is 5.91 Å². The Kier molecular flexibility index (Phi) is 5.30. The predicted molar refractivity (Wildman–Crippen MR) is 94.6 cm³/mol. The summed E-state index contributed by atoms with van der Waals surface area (Å²) in [6.45, 7) is 0.681. The minimum atomic E-state index is -0.290. The third kappa shape index (κ3) is 4.58. The van der Waals surface area contributed by atoms with Crippen molar-refractivity contribution in [1.29, 1.82) is 0 Å². The Morgan fingerprint density at radius 2 is 2.24 bits per heavy atom. The number of pyridine rings is 1. The normalized spacial score (nSPS) is 10.5. The molecule has 25 heavy (non-hydrogen) atoms. The number of hydrogen-bond acceptors (Lipinski definition) is 4. The molecule has 0 spiro atoms. The van der Waals surface area contributed by atoms with Gasteiger partial charge in [0.15, 0.2) is 0 Å². The number of nitrogens with one attached hydrogen (secondary N) is 1. The maximum absolute atomic E-state index is 11.9. The molecule has 6 nitrogen and oxygen atoms in total. The van der Waals surface area contributed by atoms with Crippen LogP contribution in [0.5, 0.6) is 5.75 Å². The predicted octanol–water partition coefficient (Wildman–Crippen LogP) is 2.74. The van der Waals surface area contributed by atoms with E-state index < -0.39 is 0 Å². The van der Waals surface area contributed by atoms with E-state index in [9.17, 15) is 4.79 Å². The zero-order chi connectivity index (χ0) is 17.6. The topological polar surface area (TPSA) is 69.0 Å². The number of hydrogen-bond donors (Lipinski definition) is 1. The highest BCUT2D eigenvalue weighted by molar-refractivity contribution is 6.30. The Balaban J connectivity index is 1.51. The largest absolute Gasteiger partial charge is 0.492 e.